The summed E-state index contributed by atoms with van der Waals surface area (Å²) in [6.45, 7) is 7.89. The van der Waals surface area contributed by atoms with Gasteiger partial charge in [-0.05, 0) is 33.3 Å². The van der Waals surface area contributed by atoms with Gasteiger partial charge in [0.2, 0.25) is 5.91 Å². The summed E-state index contributed by atoms with van der Waals surface area (Å²) < 4.78 is 4.64. The van der Waals surface area contributed by atoms with Crippen LogP contribution in [0.3, 0.4) is 0 Å². The van der Waals surface area contributed by atoms with Gasteiger partial charge in [0, 0.05) is 6.04 Å². The minimum Gasteiger partial charge on any atom is -0.345 e. The third-order valence-electron chi connectivity index (χ3n) is 4.51. The van der Waals surface area contributed by atoms with Crippen LogP contribution in [0.2, 0.25) is 0 Å². The number of amides is 1. The fourth-order valence-corrected chi connectivity index (χ4v) is 3.05. The molecule has 0 fully saturated rings. The third kappa shape index (κ3) is 4.19. The third-order valence-corrected chi connectivity index (χ3v) is 4.51. The van der Waals surface area contributed by atoms with Crippen LogP contribution < -0.4 is 11.0 Å². The van der Waals surface area contributed by atoms with E-state index in [0.717, 1.165) is 5.56 Å². The average Bonchev–Trinajstić information content (AvgIpc) is 3.24. The molecule has 0 unspecified atom stereocenters. The normalized spacial score (nSPS) is 12.3. The first kappa shape index (κ1) is 19.5. The van der Waals surface area contributed by atoms with Crippen molar-refractivity contribution in [3.8, 4) is 0 Å². The van der Waals surface area contributed by atoms with Gasteiger partial charge in [0.1, 0.15) is 18.7 Å². The Kier molecular flexibility index (Phi) is 5.72. The lowest BCUT2D eigenvalue weighted by Crippen LogP contribution is -2.36. The molecule has 2 heterocycles. The number of hydrogen-bond donors (Lipinski definition) is 1. The number of nitrogens with one attached hydrogen (secondary N) is 1. The zero-order valence-electron chi connectivity index (χ0n) is 16.5. The molecule has 0 spiro atoms. The maximum Gasteiger partial charge on any atom is 0.346 e. The van der Waals surface area contributed by atoms with Crippen molar-refractivity contribution in [3.05, 3.63) is 64.4 Å². The first-order valence-corrected chi connectivity index (χ1v) is 9.23. The molecule has 0 aliphatic carbocycles. The average molecular weight is 383 g/mol. The molecule has 148 valence electrons. The zero-order valence-corrected chi connectivity index (χ0v) is 16.5. The molecule has 1 N–H and O–H groups in total. The van der Waals surface area contributed by atoms with Gasteiger partial charge in [0.05, 0.1) is 12.6 Å². The van der Waals surface area contributed by atoms with Gasteiger partial charge in [0.15, 0.2) is 5.82 Å². The van der Waals surface area contributed by atoms with Crippen LogP contribution in [-0.2, 0) is 17.9 Å². The highest BCUT2D eigenvalue weighted by Gasteiger charge is 2.19. The number of carbonyl (C=O) groups excluding carboxylic acids is 1. The van der Waals surface area contributed by atoms with E-state index in [1.807, 2.05) is 55.7 Å². The van der Waals surface area contributed by atoms with E-state index in [0.29, 0.717) is 18.2 Å². The maximum atomic E-state index is 12.6. The summed E-state index contributed by atoms with van der Waals surface area (Å²) in [6.07, 6.45) is 1.64. The van der Waals surface area contributed by atoms with Gasteiger partial charge in [-0.2, -0.15) is 5.10 Å². The van der Waals surface area contributed by atoms with Crippen LogP contribution in [0.5, 0.6) is 0 Å². The molecule has 3 aromatic rings. The van der Waals surface area contributed by atoms with Crippen molar-refractivity contribution >= 4 is 5.91 Å². The molecule has 0 aliphatic heterocycles. The minimum absolute atomic E-state index is 0.151. The van der Waals surface area contributed by atoms with Crippen molar-refractivity contribution in [2.45, 2.75) is 52.9 Å². The molecule has 0 saturated heterocycles. The highest BCUT2D eigenvalue weighted by atomic mass is 16.2. The molecule has 1 amide bonds. The van der Waals surface area contributed by atoms with Crippen LogP contribution in [0, 0.1) is 6.92 Å². The predicted octanol–water partition coefficient (Wildman–Crippen LogP) is 1.45. The largest absolute Gasteiger partial charge is 0.346 e. The Morgan fingerprint density at radius 1 is 1.18 bits per heavy atom. The van der Waals surface area contributed by atoms with Crippen molar-refractivity contribution in [2.75, 3.05) is 0 Å². The van der Waals surface area contributed by atoms with Crippen molar-refractivity contribution < 1.29 is 4.79 Å². The van der Waals surface area contributed by atoms with Crippen molar-refractivity contribution in [2.24, 2.45) is 0 Å². The summed E-state index contributed by atoms with van der Waals surface area (Å²) in [5.74, 6) is 0.924. The first-order valence-electron chi connectivity index (χ1n) is 9.23. The Morgan fingerprint density at radius 3 is 2.57 bits per heavy atom. The predicted molar refractivity (Wildman–Crippen MR) is 104 cm³/mol. The maximum absolute atomic E-state index is 12.6. The Morgan fingerprint density at radius 2 is 1.89 bits per heavy atom. The zero-order chi connectivity index (χ0) is 20.3. The minimum atomic E-state index is -0.333. The van der Waals surface area contributed by atoms with Crippen LogP contribution in [0.4, 0.5) is 0 Å². The molecule has 1 atom stereocenters. The molecule has 0 saturated carbocycles. The standard InChI is InChI=1S/C19H25N7O2/c1-13(2)25-12-20-22-18(25)14(3)21-17(27)11-26-19(28)24(15(4)23-26)10-16-8-6-5-7-9-16/h5-9,12-14H,10-11H2,1-4H3,(H,21,27)/t14-/m1/s1. The number of carbonyl (C=O) groups is 1. The Bertz CT molecular complexity index is 1000. The molecule has 9 nitrogen and oxygen atoms in total. The Balaban J connectivity index is 1.70. The van der Waals surface area contributed by atoms with E-state index in [4.69, 9.17) is 0 Å². The number of benzene rings is 1. The van der Waals surface area contributed by atoms with Gasteiger partial charge in [-0.1, -0.05) is 30.3 Å². The molecular formula is C19H25N7O2. The first-order chi connectivity index (χ1) is 13.4. The van der Waals surface area contributed by atoms with E-state index in [1.54, 1.807) is 17.8 Å². The van der Waals surface area contributed by atoms with Gasteiger partial charge in [-0.3, -0.25) is 9.36 Å². The molecule has 0 radical (unpaired) electrons. The highest BCUT2D eigenvalue weighted by molar-refractivity contribution is 5.75. The molecule has 0 aliphatic rings. The number of rotatable bonds is 7. The number of hydrogen-bond acceptors (Lipinski definition) is 5. The summed E-state index contributed by atoms with van der Waals surface area (Å²) in [5, 5.41) is 15.1. The molecule has 28 heavy (non-hydrogen) atoms. The van der Waals surface area contributed by atoms with E-state index in [2.05, 4.69) is 20.6 Å². The van der Waals surface area contributed by atoms with Gasteiger partial charge in [-0.25, -0.2) is 9.48 Å². The lowest BCUT2D eigenvalue weighted by Gasteiger charge is -2.16. The van der Waals surface area contributed by atoms with E-state index in [1.165, 1.54) is 4.68 Å². The Labute approximate surface area is 163 Å². The van der Waals surface area contributed by atoms with Crippen LogP contribution in [0.1, 0.15) is 50.1 Å². The second kappa shape index (κ2) is 8.20. The van der Waals surface area contributed by atoms with Gasteiger partial charge >= 0.3 is 5.69 Å². The topological polar surface area (TPSA) is 99.6 Å². The molecule has 1 aromatic carbocycles. The highest BCUT2D eigenvalue weighted by Crippen LogP contribution is 2.14. The monoisotopic (exact) mass is 383 g/mol. The SMILES string of the molecule is Cc1nn(CC(=O)N[C@H](C)c2nncn2C(C)C)c(=O)n1Cc1ccccc1. The lowest BCUT2D eigenvalue weighted by molar-refractivity contribution is -0.122. The Hall–Kier alpha value is -3.23. The van der Waals surface area contributed by atoms with E-state index < -0.39 is 0 Å². The summed E-state index contributed by atoms with van der Waals surface area (Å²) >= 11 is 0. The summed E-state index contributed by atoms with van der Waals surface area (Å²) in [4.78, 5) is 25.1. The summed E-state index contributed by atoms with van der Waals surface area (Å²) in [7, 11) is 0. The van der Waals surface area contributed by atoms with Gasteiger partial charge in [0.25, 0.3) is 0 Å². The van der Waals surface area contributed by atoms with E-state index >= 15 is 0 Å². The second-order valence-electron chi connectivity index (χ2n) is 7.04. The molecule has 0 bridgehead atoms. The smallest absolute Gasteiger partial charge is 0.345 e. The number of aryl methyl sites for hydroxylation is 1. The van der Waals surface area contributed by atoms with Gasteiger partial charge < -0.3 is 9.88 Å². The molecule has 3 rings (SSSR count). The van der Waals surface area contributed by atoms with E-state index in [9.17, 15) is 9.59 Å². The number of aromatic nitrogens is 6. The summed E-state index contributed by atoms with van der Waals surface area (Å²) in [5.41, 5.74) is 0.688. The van der Waals surface area contributed by atoms with Crippen molar-refractivity contribution in [3.63, 3.8) is 0 Å². The molecular weight excluding hydrogens is 358 g/mol. The van der Waals surface area contributed by atoms with Crippen LogP contribution >= 0.6 is 0 Å². The molecule has 2 aromatic heterocycles. The quantitative estimate of drug-likeness (QED) is 0.666. The van der Waals surface area contributed by atoms with Crippen LogP contribution in [0.15, 0.2) is 41.5 Å². The van der Waals surface area contributed by atoms with Crippen LogP contribution in [0.25, 0.3) is 0 Å². The number of nitrogens with zero attached hydrogens (tertiary/aromatic N) is 6. The lowest BCUT2D eigenvalue weighted by atomic mass is 10.2. The van der Waals surface area contributed by atoms with Crippen LogP contribution in [-0.4, -0.2) is 35.0 Å². The van der Waals surface area contributed by atoms with Crippen molar-refractivity contribution in [1.29, 1.82) is 0 Å². The molecule has 9 heteroatoms. The summed E-state index contributed by atoms with van der Waals surface area (Å²) in [6, 6.07) is 9.51. The fraction of sp³-hybridized carbons (Fsp3) is 0.421. The fourth-order valence-electron chi connectivity index (χ4n) is 3.05. The van der Waals surface area contributed by atoms with Crippen molar-refractivity contribution in [1.82, 2.24) is 34.4 Å². The van der Waals surface area contributed by atoms with E-state index in [-0.39, 0.29) is 30.2 Å². The second-order valence-corrected chi connectivity index (χ2v) is 7.04. The van der Waals surface area contributed by atoms with Gasteiger partial charge in [-0.15, -0.1) is 10.2 Å².